The Labute approximate surface area is 173 Å². The molecule has 3 saturated heterocycles. The molecule has 2 aliphatic carbocycles. The predicted molar refractivity (Wildman–Crippen MR) is 106 cm³/mol. The van der Waals surface area contributed by atoms with Crippen molar-refractivity contribution in [2.24, 2.45) is 0 Å². The average molecular weight is 409 g/mol. The van der Waals surface area contributed by atoms with Gasteiger partial charge in [0.05, 0.1) is 6.61 Å². The maximum Gasteiger partial charge on any atom is 0.169 e. The molecule has 3 heterocycles. The first-order valence-corrected chi connectivity index (χ1v) is 11.8. The van der Waals surface area contributed by atoms with E-state index >= 15 is 0 Å². The number of ether oxygens (including phenoxy) is 5. The quantitative estimate of drug-likeness (QED) is 0.554. The highest BCUT2D eigenvalue weighted by atomic mass is 16.8. The number of aliphatic hydroxyl groups is 1. The van der Waals surface area contributed by atoms with E-state index in [9.17, 15) is 5.11 Å². The largest absolute Gasteiger partial charge is 0.387 e. The van der Waals surface area contributed by atoms with E-state index in [4.69, 9.17) is 23.7 Å². The number of allylic oxidation sites excluding steroid dienone is 1. The third kappa shape index (κ3) is 4.04. The van der Waals surface area contributed by atoms with Gasteiger partial charge in [-0.3, -0.25) is 0 Å². The summed E-state index contributed by atoms with van der Waals surface area (Å²) in [6.07, 6.45) is 13.9. The van der Waals surface area contributed by atoms with Crippen LogP contribution in [0.3, 0.4) is 0 Å². The van der Waals surface area contributed by atoms with Gasteiger partial charge in [-0.1, -0.05) is 31.9 Å². The molecule has 29 heavy (non-hydrogen) atoms. The highest BCUT2D eigenvalue weighted by Crippen LogP contribution is 2.47. The molecule has 5 rings (SSSR count). The van der Waals surface area contributed by atoms with Crippen molar-refractivity contribution in [3.8, 4) is 0 Å². The van der Waals surface area contributed by atoms with E-state index in [2.05, 4.69) is 19.1 Å². The maximum atomic E-state index is 11.3. The lowest BCUT2D eigenvalue weighted by molar-refractivity contribution is -0.217. The van der Waals surface area contributed by atoms with Crippen LogP contribution in [0.1, 0.15) is 77.6 Å². The first kappa shape index (κ1) is 20.4. The van der Waals surface area contributed by atoms with E-state index in [1.54, 1.807) is 0 Å². The summed E-state index contributed by atoms with van der Waals surface area (Å²) >= 11 is 0. The van der Waals surface area contributed by atoms with Crippen LogP contribution in [0.2, 0.25) is 0 Å². The second-order valence-electron chi connectivity index (χ2n) is 9.47. The standard InChI is InChI=1S/C23H36O6/c1-2-3-10-16-19(26-16)21-20(28-23(29-21)13-8-5-9-14-23)18(24)17-15-25-22(27-17)11-6-4-7-12-22/h3,10,16-21,24H,2,4-9,11-15H2,1H3/b10-3+/t16-,17-,18+,19+,20-,21+/m1/s1. The highest BCUT2D eigenvalue weighted by Gasteiger charge is 2.60. The van der Waals surface area contributed by atoms with Crippen molar-refractivity contribution in [3.63, 3.8) is 0 Å². The summed E-state index contributed by atoms with van der Waals surface area (Å²) in [6.45, 7) is 2.54. The Morgan fingerprint density at radius 1 is 0.897 bits per heavy atom. The van der Waals surface area contributed by atoms with Gasteiger partial charge >= 0.3 is 0 Å². The van der Waals surface area contributed by atoms with E-state index in [1.165, 1.54) is 12.8 Å². The Bertz CT molecular complexity index is 594. The van der Waals surface area contributed by atoms with Gasteiger partial charge in [-0.05, 0) is 32.1 Å². The molecule has 2 saturated carbocycles. The fourth-order valence-electron chi connectivity index (χ4n) is 5.64. The molecule has 0 radical (unpaired) electrons. The van der Waals surface area contributed by atoms with Crippen molar-refractivity contribution in [1.29, 1.82) is 0 Å². The highest BCUT2D eigenvalue weighted by molar-refractivity contribution is 5.10. The van der Waals surface area contributed by atoms with Crippen LogP contribution >= 0.6 is 0 Å². The van der Waals surface area contributed by atoms with Crippen LogP contribution < -0.4 is 0 Å². The molecule has 0 unspecified atom stereocenters. The molecule has 164 valence electrons. The Morgan fingerprint density at radius 2 is 1.59 bits per heavy atom. The van der Waals surface area contributed by atoms with Gasteiger partial charge in [-0.2, -0.15) is 0 Å². The van der Waals surface area contributed by atoms with Crippen LogP contribution in [0.4, 0.5) is 0 Å². The molecular formula is C23H36O6. The van der Waals surface area contributed by atoms with Gasteiger partial charge in [0.25, 0.3) is 0 Å². The maximum absolute atomic E-state index is 11.3. The normalized spacial score (nSPS) is 42.1. The minimum Gasteiger partial charge on any atom is -0.387 e. The predicted octanol–water partition coefficient (Wildman–Crippen LogP) is 3.60. The van der Waals surface area contributed by atoms with Gasteiger partial charge in [-0.25, -0.2) is 0 Å². The molecule has 6 atom stereocenters. The number of hydrogen-bond donors (Lipinski definition) is 1. The Balaban J connectivity index is 1.30. The average Bonchev–Trinajstić information content (AvgIpc) is 3.28. The van der Waals surface area contributed by atoms with Crippen molar-refractivity contribution in [2.75, 3.05) is 6.61 Å². The van der Waals surface area contributed by atoms with Crippen LogP contribution in [-0.2, 0) is 23.7 Å². The fourth-order valence-corrected chi connectivity index (χ4v) is 5.64. The van der Waals surface area contributed by atoms with Crippen molar-refractivity contribution >= 4 is 0 Å². The summed E-state index contributed by atoms with van der Waals surface area (Å²) in [7, 11) is 0. The fraction of sp³-hybridized carbons (Fsp3) is 0.913. The zero-order valence-electron chi connectivity index (χ0n) is 17.6. The van der Waals surface area contributed by atoms with Crippen LogP contribution in [0.5, 0.6) is 0 Å². The molecule has 6 heteroatoms. The molecule has 6 nitrogen and oxygen atoms in total. The molecule has 5 fully saturated rings. The lowest BCUT2D eigenvalue weighted by Gasteiger charge is -2.34. The van der Waals surface area contributed by atoms with Crippen molar-refractivity contribution in [1.82, 2.24) is 0 Å². The van der Waals surface area contributed by atoms with E-state index in [0.717, 1.165) is 57.8 Å². The number of epoxide rings is 1. The number of hydrogen-bond acceptors (Lipinski definition) is 6. The smallest absolute Gasteiger partial charge is 0.169 e. The topological polar surface area (TPSA) is 69.7 Å². The van der Waals surface area contributed by atoms with E-state index in [1.807, 2.05) is 0 Å². The van der Waals surface area contributed by atoms with Gasteiger partial charge in [0.2, 0.25) is 0 Å². The third-order valence-electron chi connectivity index (χ3n) is 7.30. The third-order valence-corrected chi connectivity index (χ3v) is 7.30. The summed E-state index contributed by atoms with van der Waals surface area (Å²) in [5.41, 5.74) is 0. The molecule has 3 aliphatic heterocycles. The van der Waals surface area contributed by atoms with Gasteiger partial charge in [0.15, 0.2) is 11.6 Å². The summed E-state index contributed by atoms with van der Waals surface area (Å²) in [5, 5.41) is 11.3. The number of rotatable bonds is 5. The van der Waals surface area contributed by atoms with E-state index in [-0.39, 0.29) is 24.4 Å². The molecular weight excluding hydrogens is 372 g/mol. The van der Waals surface area contributed by atoms with Crippen molar-refractivity contribution in [2.45, 2.75) is 126 Å². The minimum atomic E-state index is -0.775. The van der Waals surface area contributed by atoms with Crippen LogP contribution in [0.25, 0.3) is 0 Å². The second-order valence-corrected chi connectivity index (χ2v) is 9.47. The Morgan fingerprint density at radius 3 is 2.28 bits per heavy atom. The van der Waals surface area contributed by atoms with Gasteiger partial charge in [-0.15, -0.1) is 0 Å². The molecule has 0 aromatic rings. The lowest BCUT2D eigenvalue weighted by Crippen LogP contribution is -2.47. The second kappa shape index (κ2) is 8.21. The summed E-state index contributed by atoms with van der Waals surface area (Å²) < 4.78 is 31.3. The summed E-state index contributed by atoms with van der Waals surface area (Å²) in [4.78, 5) is 0. The molecule has 0 aromatic carbocycles. The molecule has 0 bridgehead atoms. The van der Waals surface area contributed by atoms with Gasteiger partial charge in [0.1, 0.15) is 36.6 Å². The summed E-state index contributed by atoms with van der Waals surface area (Å²) in [5.74, 6) is -1.06. The molecule has 0 aromatic heterocycles. The van der Waals surface area contributed by atoms with E-state index in [0.29, 0.717) is 6.61 Å². The van der Waals surface area contributed by atoms with Crippen molar-refractivity contribution in [3.05, 3.63) is 12.2 Å². The lowest BCUT2D eigenvalue weighted by atomic mass is 9.94. The Hall–Kier alpha value is -0.500. The van der Waals surface area contributed by atoms with Crippen LogP contribution in [0.15, 0.2) is 12.2 Å². The Kier molecular flexibility index (Phi) is 5.78. The van der Waals surface area contributed by atoms with Gasteiger partial charge in [0, 0.05) is 25.7 Å². The van der Waals surface area contributed by atoms with Crippen molar-refractivity contribution < 1.29 is 28.8 Å². The zero-order valence-corrected chi connectivity index (χ0v) is 17.6. The van der Waals surface area contributed by atoms with Crippen LogP contribution in [-0.4, -0.2) is 59.9 Å². The zero-order chi connectivity index (χ0) is 19.9. The molecule has 0 amide bonds. The first-order valence-electron chi connectivity index (χ1n) is 11.8. The summed E-state index contributed by atoms with van der Waals surface area (Å²) in [6, 6.07) is 0. The van der Waals surface area contributed by atoms with Crippen LogP contribution in [0, 0.1) is 0 Å². The molecule has 2 spiro atoms. The molecule has 5 aliphatic rings. The monoisotopic (exact) mass is 408 g/mol. The minimum absolute atomic E-state index is 0.0512. The SMILES string of the molecule is CC/C=C/[C@H]1O[C@@H]1[C@@H]1OC2(CCCCC2)O[C@@H]1[C@@H](O)[C@H]1COC2(CCCCC2)O1. The van der Waals surface area contributed by atoms with E-state index < -0.39 is 23.8 Å². The van der Waals surface area contributed by atoms with Gasteiger partial charge < -0.3 is 28.8 Å². The number of aliphatic hydroxyl groups excluding tert-OH is 1. The first-order chi connectivity index (χ1) is 14.1. The molecule has 1 N–H and O–H groups in total.